The van der Waals surface area contributed by atoms with Crippen LogP contribution in [0.2, 0.25) is 0 Å². The van der Waals surface area contributed by atoms with Gasteiger partial charge in [-0.15, -0.1) is 0 Å². The minimum absolute atomic E-state index is 0.229. The number of ether oxygens (including phenoxy) is 2. The molecule has 6 rings (SSSR count). The van der Waals surface area contributed by atoms with Crippen LogP contribution in [0.1, 0.15) is 0 Å². The third kappa shape index (κ3) is 2.89. The Bertz CT molecular complexity index is 1400. The quantitative estimate of drug-likeness (QED) is 0.415. The first kappa shape index (κ1) is 16.5. The van der Waals surface area contributed by atoms with Gasteiger partial charge in [-0.05, 0) is 36.4 Å². The molecule has 0 radical (unpaired) electrons. The van der Waals surface area contributed by atoms with Crippen LogP contribution in [-0.2, 0) is 0 Å². The average molecular weight is 397 g/mol. The van der Waals surface area contributed by atoms with Crippen LogP contribution < -0.4 is 20.1 Å². The van der Waals surface area contributed by atoms with Gasteiger partial charge in [0.25, 0.3) is 0 Å². The highest BCUT2D eigenvalue weighted by Gasteiger charge is 2.15. The second-order valence-electron chi connectivity index (χ2n) is 6.73. The summed E-state index contributed by atoms with van der Waals surface area (Å²) in [5, 5.41) is 7.60. The van der Waals surface area contributed by atoms with Gasteiger partial charge >= 0.3 is 0 Å². The molecule has 30 heavy (non-hydrogen) atoms. The van der Waals surface area contributed by atoms with Crippen LogP contribution in [0, 0.1) is 0 Å². The van der Waals surface area contributed by atoms with Crippen LogP contribution in [-0.4, -0.2) is 31.7 Å². The van der Waals surface area contributed by atoms with Crippen molar-refractivity contribution in [1.29, 1.82) is 0 Å². The molecule has 3 aromatic heterocycles. The molecule has 0 fully saturated rings. The molecule has 5 aromatic rings. The van der Waals surface area contributed by atoms with Crippen LogP contribution in [0.3, 0.4) is 0 Å². The number of imidazole rings is 1. The Balaban J connectivity index is 1.35. The molecule has 3 N–H and O–H groups in total. The molecule has 0 amide bonds. The van der Waals surface area contributed by atoms with E-state index in [0.29, 0.717) is 28.7 Å². The molecule has 0 saturated carbocycles. The molecule has 2 aromatic carbocycles. The third-order valence-electron chi connectivity index (χ3n) is 4.78. The molecule has 0 spiro atoms. The Labute approximate surface area is 170 Å². The van der Waals surface area contributed by atoms with Gasteiger partial charge < -0.3 is 25.1 Å². The number of aromatic nitrogens is 5. The van der Waals surface area contributed by atoms with Crippen LogP contribution >= 0.6 is 0 Å². The second-order valence-corrected chi connectivity index (χ2v) is 6.73. The Kier molecular flexibility index (Phi) is 3.63. The Hall–Kier alpha value is -4.40. The summed E-state index contributed by atoms with van der Waals surface area (Å²) >= 11 is 0. The second kappa shape index (κ2) is 6.59. The summed E-state index contributed by atoms with van der Waals surface area (Å²) in [5.41, 5.74) is 3.87. The normalized spacial score (nSPS) is 12.4. The van der Waals surface area contributed by atoms with E-state index in [1.165, 1.54) is 0 Å². The molecular formula is C21H15N7O2. The topological polar surface area (TPSA) is 110 Å². The standard InChI is InChI=1S/C21H15N7O2/c1-2-12-8-13(3-5-15(12)22-7-1)26-21-27-19-18(23-10-24-19)20(28-21)25-14-4-6-16-17(9-14)30-11-29-16/h1-10H,11H2,(H3,23,24,25,26,27,28). The van der Waals surface area contributed by atoms with Crippen molar-refractivity contribution in [3.8, 4) is 11.5 Å². The summed E-state index contributed by atoms with van der Waals surface area (Å²) in [7, 11) is 0. The lowest BCUT2D eigenvalue weighted by molar-refractivity contribution is 0.174. The van der Waals surface area contributed by atoms with Gasteiger partial charge in [0.15, 0.2) is 23.0 Å². The summed E-state index contributed by atoms with van der Waals surface area (Å²) in [6.07, 6.45) is 3.37. The van der Waals surface area contributed by atoms with Gasteiger partial charge in [-0.25, -0.2) is 4.98 Å². The highest BCUT2D eigenvalue weighted by atomic mass is 16.7. The summed E-state index contributed by atoms with van der Waals surface area (Å²) in [6.45, 7) is 0.229. The van der Waals surface area contributed by atoms with Crippen molar-refractivity contribution in [1.82, 2.24) is 24.9 Å². The number of benzene rings is 2. The molecule has 0 aliphatic carbocycles. The summed E-state index contributed by atoms with van der Waals surface area (Å²) in [5.74, 6) is 2.45. The Morgan fingerprint density at radius 1 is 0.867 bits per heavy atom. The van der Waals surface area contributed by atoms with E-state index in [1.54, 1.807) is 12.5 Å². The van der Waals surface area contributed by atoms with Gasteiger partial charge in [0.1, 0.15) is 5.52 Å². The fourth-order valence-corrected chi connectivity index (χ4v) is 3.37. The Morgan fingerprint density at radius 3 is 2.77 bits per heavy atom. The Morgan fingerprint density at radius 2 is 1.77 bits per heavy atom. The van der Waals surface area contributed by atoms with Gasteiger partial charge in [-0.3, -0.25) is 4.98 Å². The molecule has 146 valence electrons. The van der Waals surface area contributed by atoms with Crippen LogP contribution in [0.5, 0.6) is 11.5 Å². The van der Waals surface area contributed by atoms with E-state index in [9.17, 15) is 0 Å². The molecule has 0 bridgehead atoms. The number of nitrogens with zero attached hydrogens (tertiary/aromatic N) is 4. The molecule has 9 nitrogen and oxygen atoms in total. The maximum atomic E-state index is 5.45. The van der Waals surface area contributed by atoms with Crippen molar-refractivity contribution in [3.63, 3.8) is 0 Å². The monoisotopic (exact) mass is 397 g/mol. The van der Waals surface area contributed by atoms with E-state index in [0.717, 1.165) is 28.0 Å². The summed E-state index contributed by atoms with van der Waals surface area (Å²) in [6, 6.07) is 15.5. The lowest BCUT2D eigenvalue weighted by Crippen LogP contribution is -2.02. The van der Waals surface area contributed by atoms with Crippen molar-refractivity contribution in [3.05, 3.63) is 61.1 Å². The zero-order valence-electron chi connectivity index (χ0n) is 15.6. The number of pyridine rings is 1. The SMILES string of the molecule is c1cnc2ccc(Nc3nc(Nc4ccc5c(c4)OCO5)c4[nH]cnc4n3)cc2c1. The van der Waals surface area contributed by atoms with Gasteiger partial charge in [0.05, 0.1) is 11.8 Å². The number of fused-ring (bicyclic) bond motifs is 3. The molecule has 1 aliphatic rings. The highest BCUT2D eigenvalue weighted by molar-refractivity contribution is 5.87. The minimum Gasteiger partial charge on any atom is -0.454 e. The van der Waals surface area contributed by atoms with E-state index >= 15 is 0 Å². The number of hydrogen-bond acceptors (Lipinski definition) is 8. The predicted molar refractivity (Wildman–Crippen MR) is 113 cm³/mol. The number of H-pyrrole nitrogens is 1. The maximum Gasteiger partial charge on any atom is 0.231 e. The van der Waals surface area contributed by atoms with E-state index in [1.807, 2.05) is 48.5 Å². The van der Waals surface area contributed by atoms with Crippen molar-refractivity contribution in [2.75, 3.05) is 17.4 Å². The van der Waals surface area contributed by atoms with Crippen molar-refractivity contribution in [2.24, 2.45) is 0 Å². The first-order valence-corrected chi connectivity index (χ1v) is 9.31. The zero-order valence-corrected chi connectivity index (χ0v) is 15.6. The third-order valence-corrected chi connectivity index (χ3v) is 4.78. The fourth-order valence-electron chi connectivity index (χ4n) is 3.37. The van der Waals surface area contributed by atoms with Crippen molar-refractivity contribution >= 4 is 45.2 Å². The molecule has 0 saturated heterocycles. The molecule has 9 heteroatoms. The summed E-state index contributed by atoms with van der Waals surface area (Å²) in [4.78, 5) is 20.9. The lowest BCUT2D eigenvalue weighted by Gasteiger charge is -2.10. The molecule has 4 heterocycles. The van der Waals surface area contributed by atoms with Crippen LogP contribution in [0.25, 0.3) is 22.1 Å². The number of aromatic amines is 1. The molecule has 0 atom stereocenters. The van der Waals surface area contributed by atoms with Crippen molar-refractivity contribution < 1.29 is 9.47 Å². The van der Waals surface area contributed by atoms with E-state index < -0.39 is 0 Å². The summed E-state index contributed by atoms with van der Waals surface area (Å²) < 4.78 is 10.8. The highest BCUT2D eigenvalue weighted by Crippen LogP contribution is 2.35. The maximum absolute atomic E-state index is 5.45. The largest absolute Gasteiger partial charge is 0.454 e. The fraction of sp³-hybridized carbons (Fsp3) is 0.0476. The average Bonchev–Trinajstić information content (AvgIpc) is 3.43. The van der Waals surface area contributed by atoms with Crippen molar-refractivity contribution in [2.45, 2.75) is 0 Å². The predicted octanol–water partition coefficient (Wildman–Crippen LogP) is 4.12. The lowest BCUT2D eigenvalue weighted by atomic mass is 10.2. The van der Waals surface area contributed by atoms with E-state index in [-0.39, 0.29) is 6.79 Å². The molecular weight excluding hydrogens is 382 g/mol. The smallest absolute Gasteiger partial charge is 0.231 e. The number of anilines is 4. The number of nitrogens with one attached hydrogen (secondary N) is 3. The van der Waals surface area contributed by atoms with Crippen LogP contribution in [0.4, 0.5) is 23.1 Å². The minimum atomic E-state index is 0.229. The first-order chi connectivity index (χ1) is 14.8. The zero-order chi connectivity index (χ0) is 19.9. The van der Waals surface area contributed by atoms with Gasteiger partial charge in [-0.1, -0.05) is 6.07 Å². The van der Waals surface area contributed by atoms with Gasteiger partial charge in [-0.2, -0.15) is 9.97 Å². The van der Waals surface area contributed by atoms with Gasteiger partial charge in [0.2, 0.25) is 12.7 Å². The first-order valence-electron chi connectivity index (χ1n) is 9.31. The van der Waals surface area contributed by atoms with Gasteiger partial charge in [0, 0.05) is 29.0 Å². The molecule has 0 unspecified atom stereocenters. The van der Waals surface area contributed by atoms with E-state index in [2.05, 4.69) is 35.6 Å². The molecule has 1 aliphatic heterocycles. The van der Waals surface area contributed by atoms with Crippen LogP contribution in [0.15, 0.2) is 61.1 Å². The number of hydrogen-bond donors (Lipinski definition) is 3. The number of rotatable bonds is 4. The van der Waals surface area contributed by atoms with E-state index in [4.69, 9.17) is 9.47 Å².